The molecule has 1 unspecified atom stereocenters. The largest absolute Gasteiger partial charge is 0.508 e. The highest BCUT2D eigenvalue weighted by Gasteiger charge is 2.48. The van der Waals surface area contributed by atoms with Gasteiger partial charge in [-0.3, -0.25) is 4.79 Å². The molecule has 1 aromatic rings. The van der Waals surface area contributed by atoms with Gasteiger partial charge >= 0.3 is 6.16 Å². The van der Waals surface area contributed by atoms with Crippen molar-refractivity contribution in [3.63, 3.8) is 0 Å². The van der Waals surface area contributed by atoms with Crippen LogP contribution in [-0.4, -0.2) is 45.0 Å². The molecule has 2 saturated heterocycles. The van der Waals surface area contributed by atoms with Crippen LogP contribution in [0.4, 0.5) is 4.79 Å². The van der Waals surface area contributed by atoms with E-state index < -0.39 is 12.3 Å². The summed E-state index contributed by atoms with van der Waals surface area (Å²) in [6.07, 6.45) is -0.573. The molecule has 0 spiro atoms. The Morgan fingerprint density at radius 3 is 2.59 bits per heavy atom. The molecule has 1 aromatic carbocycles. The number of benzene rings is 1. The number of rotatable bonds is 5. The minimum absolute atomic E-state index is 0.0530. The van der Waals surface area contributed by atoms with E-state index >= 15 is 0 Å². The molecule has 2 heterocycles. The third-order valence-corrected chi connectivity index (χ3v) is 4.00. The molecule has 7 heteroatoms. The first kappa shape index (κ1) is 14.5. The van der Waals surface area contributed by atoms with Gasteiger partial charge in [-0.1, -0.05) is 6.07 Å². The molecule has 1 N–H and O–H groups in total. The van der Waals surface area contributed by atoms with Crippen molar-refractivity contribution in [1.82, 2.24) is 5.32 Å². The molecule has 22 heavy (non-hydrogen) atoms. The number of amides is 1. The van der Waals surface area contributed by atoms with Crippen molar-refractivity contribution in [3.05, 3.63) is 23.8 Å². The molecule has 7 nitrogen and oxygen atoms in total. The summed E-state index contributed by atoms with van der Waals surface area (Å²) in [4.78, 5) is 22.8. The summed E-state index contributed by atoms with van der Waals surface area (Å²) in [5.41, 5.74) is 0.952. The second-order valence-corrected chi connectivity index (χ2v) is 5.25. The number of methoxy groups -OCH3 is 2. The maximum Gasteiger partial charge on any atom is 0.508 e. The maximum absolute atomic E-state index is 11.8. The van der Waals surface area contributed by atoms with Gasteiger partial charge in [0.2, 0.25) is 5.91 Å². The van der Waals surface area contributed by atoms with Crippen LogP contribution in [0.5, 0.6) is 11.5 Å². The lowest BCUT2D eigenvalue weighted by Gasteiger charge is -2.38. The smallest absolute Gasteiger partial charge is 0.493 e. The summed E-state index contributed by atoms with van der Waals surface area (Å²) in [5.74, 6) is 0.950. The highest BCUT2D eigenvalue weighted by atomic mass is 16.8. The summed E-state index contributed by atoms with van der Waals surface area (Å²) in [5, 5.41) is 2.77. The van der Waals surface area contributed by atoms with E-state index in [1.165, 1.54) is 0 Å². The van der Waals surface area contributed by atoms with Crippen LogP contribution < -0.4 is 14.8 Å². The van der Waals surface area contributed by atoms with E-state index in [2.05, 4.69) is 5.32 Å². The normalized spacial score (nSPS) is 26.5. The summed E-state index contributed by atoms with van der Waals surface area (Å²) in [6.45, 7) is 0.173. The Morgan fingerprint density at radius 1 is 1.23 bits per heavy atom. The second kappa shape index (κ2) is 5.75. The van der Waals surface area contributed by atoms with E-state index in [1.807, 2.05) is 12.1 Å². The van der Waals surface area contributed by atoms with Crippen molar-refractivity contribution in [2.75, 3.05) is 20.8 Å². The van der Waals surface area contributed by atoms with E-state index in [1.54, 1.807) is 20.3 Å². The zero-order chi connectivity index (χ0) is 15.7. The van der Waals surface area contributed by atoms with E-state index in [0.29, 0.717) is 17.9 Å². The van der Waals surface area contributed by atoms with Crippen LogP contribution in [0, 0.1) is 5.92 Å². The van der Waals surface area contributed by atoms with E-state index in [9.17, 15) is 9.59 Å². The first-order valence-electron chi connectivity index (χ1n) is 6.97. The lowest BCUT2D eigenvalue weighted by molar-refractivity contribution is -0.138. The minimum atomic E-state index is -0.684. The van der Waals surface area contributed by atoms with Gasteiger partial charge in [0, 0.05) is 0 Å². The van der Waals surface area contributed by atoms with E-state index in [-0.39, 0.29) is 24.5 Å². The van der Waals surface area contributed by atoms with Crippen molar-refractivity contribution in [2.24, 2.45) is 5.92 Å². The standard InChI is InChI=1S/C15H17NO6/c1-19-10-4-3-8(6-11(10)20-2)5-9-13(16-14(9)17)12-7-21-15(18)22-12/h3-4,6,9,12-13H,5,7H2,1-2H3,(H,16,17)/t9?,12-,13-/m0/s1. The van der Waals surface area contributed by atoms with Gasteiger partial charge in [0.15, 0.2) is 17.6 Å². The molecule has 0 bridgehead atoms. The monoisotopic (exact) mass is 307 g/mol. The highest BCUT2D eigenvalue weighted by molar-refractivity contribution is 5.86. The highest BCUT2D eigenvalue weighted by Crippen LogP contribution is 2.31. The second-order valence-electron chi connectivity index (χ2n) is 5.25. The van der Waals surface area contributed by atoms with Gasteiger partial charge in [0.1, 0.15) is 6.61 Å². The number of carbonyl (C=O) groups is 2. The Bertz CT molecular complexity index is 602. The molecule has 2 aliphatic heterocycles. The van der Waals surface area contributed by atoms with Gasteiger partial charge in [-0.15, -0.1) is 0 Å². The maximum atomic E-state index is 11.8. The minimum Gasteiger partial charge on any atom is -0.493 e. The van der Waals surface area contributed by atoms with Crippen molar-refractivity contribution < 1.29 is 28.5 Å². The number of carbonyl (C=O) groups excluding carboxylic acids is 2. The average molecular weight is 307 g/mol. The average Bonchev–Trinajstić information content (AvgIpc) is 2.95. The van der Waals surface area contributed by atoms with E-state index in [0.717, 1.165) is 5.56 Å². The van der Waals surface area contributed by atoms with Gasteiger partial charge in [0.25, 0.3) is 0 Å². The molecule has 0 radical (unpaired) electrons. The lowest BCUT2D eigenvalue weighted by atomic mass is 9.82. The Morgan fingerprint density at radius 2 is 2.00 bits per heavy atom. The molecular weight excluding hydrogens is 290 g/mol. The molecule has 0 saturated carbocycles. The molecule has 0 aliphatic carbocycles. The van der Waals surface area contributed by atoms with Crippen LogP contribution in [-0.2, 0) is 20.7 Å². The topological polar surface area (TPSA) is 83.1 Å². The van der Waals surface area contributed by atoms with Crippen LogP contribution in [0.1, 0.15) is 5.56 Å². The van der Waals surface area contributed by atoms with Crippen LogP contribution in [0.2, 0.25) is 0 Å². The Hall–Kier alpha value is -2.44. The van der Waals surface area contributed by atoms with Gasteiger partial charge in [-0.05, 0) is 24.1 Å². The predicted molar refractivity (Wildman–Crippen MR) is 74.9 cm³/mol. The summed E-state index contributed by atoms with van der Waals surface area (Å²) in [7, 11) is 3.14. The molecule has 2 fully saturated rings. The Balaban J connectivity index is 1.71. The number of cyclic esters (lactones) is 2. The SMILES string of the molecule is COc1ccc(CC2C(=O)N[C@@H]2[C@@H]2COC(=O)O2)cc1OC. The summed E-state index contributed by atoms with van der Waals surface area (Å²) < 4.78 is 20.3. The number of ether oxygens (including phenoxy) is 4. The fraction of sp³-hybridized carbons (Fsp3) is 0.467. The third-order valence-electron chi connectivity index (χ3n) is 4.00. The van der Waals surface area contributed by atoms with Crippen molar-refractivity contribution >= 4 is 12.1 Å². The molecule has 3 rings (SSSR count). The first-order valence-corrected chi connectivity index (χ1v) is 6.97. The van der Waals surface area contributed by atoms with Crippen LogP contribution in [0.15, 0.2) is 18.2 Å². The molecule has 118 valence electrons. The first-order chi connectivity index (χ1) is 10.6. The zero-order valence-electron chi connectivity index (χ0n) is 12.3. The third kappa shape index (κ3) is 2.54. The number of hydrogen-bond acceptors (Lipinski definition) is 6. The van der Waals surface area contributed by atoms with Gasteiger partial charge in [-0.2, -0.15) is 0 Å². The quantitative estimate of drug-likeness (QED) is 0.643. The zero-order valence-corrected chi connectivity index (χ0v) is 12.3. The molecule has 0 aromatic heterocycles. The van der Waals surface area contributed by atoms with Gasteiger partial charge in [0.05, 0.1) is 26.2 Å². The molecule has 2 aliphatic rings. The number of nitrogens with one attached hydrogen (secondary N) is 1. The molecular formula is C15H17NO6. The van der Waals surface area contributed by atoms with E-state index in [4.69, 9.17) is 18.9 Å². The van der Waals surface area contributed by atoms with Crippen molar-refractivity contribution in [2.45, 2.75) is 18.6 Å². The van der Waals surface area contributed by atoms with Gasteiger partial charge in [-0.25, -0.2) is 4.79 Å². The predicted octanol–water partition coefficient (Wildman–Crippen LogP) is 0.896. The summed E-state index contributed by atoms with van der Waals surface area (Å²) in [6, 6.07) is 5.32. The fourth-order valence-corrected chi connectivity index (χ4v) is 2.79. The van der Waals surface area contributed by atoms with Gasteiger partial charge < -0.3 is 24.3 Å². The number of β-lactam (4-membered cyclic amide) rings is 1. The Labute approximate surface area is 127 Å². The van der Waals surface area contributed by atoms with Crippen LogP contribution in [0.3, 0.4) is 0 Å². The van der Waals surface area contributed by atoms with Crippen molar-refractivity contribution in [3.8, 4) is 11.5 Å². The number of hydrogen-bond donors (Lipinski definition) is 1. The molecule has 3 atom stereocenters. The lowest BCUT2D eigenvalue weighted by Crippen LogP contribution is -2.64. The molecule has 1 amide bonds. The van der Waals surface area contributed by atoms with Crippen molar-refractivity contribution in [1.29, 1.82) is 0 Å². The van der Waals surface area contributed by atoms with Crippen LogP contribution in [0.25, 0.3) is 0 Å². The fourth-order valence-electron chi connectivity index (χ4n) is 2.79. The Kier molecular flexibility index (Phi) is 3.79. The summed E-state index contributed by atoms with van der Waals surface area (Å²) >= 11 is 0. The van der Waals surface area contributed by atoms with Crippen LogP contribution >= 0.6 is 0 Å².